The molecule has 4 rings (SSSR count). The lowest BCUT2D eigenvalue weighted by Crippen LogP contribution is -2.53. The molecular formula is C27H31NO4. The molecule has 1 aliphatic heterocycles. The molecule has 0 saturated heterocycles. The number of carbonyl (C=O) groups excluding carboxylic acids is 1. The van der Waals surface area contributed by atoms with E-state index in [9.17, 15) is 9.90 Å². The van der Waals surface area contributed by atoms with Crippen molar-refractivity contribution in [3.05, 3.63) is 64.2 Å². The smallest absolute Gasteiger partial charge is 0.230 e. The van der Waals surface area contributed by atoms with Crippen molar-refractivity contribution in [2.24, 2.45) is 0 Å². The number of aromatic hydroxyl groups is 1. The monoisotopic (exact) mass is 433 g/mol. The summed E-state index contributed by atoms with van der Waals surface area (Å²) < 4.78 is 11.7. The summed E-state index contributed by atoms with van der Waals surface area (Å²) in [4.78, 5) is 13.2. The maximum atomic E-state index is 13.2. The van der Waals surface area contributed by atoms with Gasteiger partial charge in [-0.05, 0) is 86.2 Å². The van der Waals surface area contributed by atoms with Crippen LogP contribution in [0.15, 0.2) is 36.4 Å². The summed E-state index contributed by atoms with van der Waals surface area (Å²) in [5.74, 6) is 1.52. The summed E-state index contributed by atoms with van der Waals surface area (Å²) >= 11 is 0. The first-order valence-electron chi connectivity index (χ1n) is 11.0. The summed E-state index contributed by atoms with van der Waals surface area (Å²) in [6.45, 7) is 9.60. The quantitative estimate of drug-likeness (QED) is 0.575. The molecule has 0 fully saturated rings. The zero-order chi connectivity index (χ0) is 23.2. The van der Waals surface area contributed by atoms with Gasteiger partial charge in [0, 0.05) is 12.0 Å². The number of ether oxygens (including phenoxy) is 2. The molecule has 0 bridgehead atoms. The van der Waals surface area contributed by atoms with E-state index in [-0.39, 0.29) is 11.8 Å². The first-order valence-corrected chi connectivity index (χ1v) is 11.0. The Morgan fingerprint density at radius 1 is 1.09 bits per heavy atom. The molecule has 3 aromatic rings. The van der Waals surface area contributed by atoms with E-state index >= 15 is 0 Å². The first-order chi connectivity index (χ1) is 15.1. The number of benzene rings is 3. The van der Waals surface area contributed by atoms with Gasteiger partial charge in [0.1, 0.15) is 17.2 Å². The van der Waals surface area contributed by atoms with E-state index in [1.54, 1.807) is 7.11 Å². The highest BCUT2D eigenvalue weighted by atomic mass is 16.5. The molecule has 0 aliphatic carbocycles. The second-order valence-corrected chi connectivity index (χ2v) is 9.05. The topological polar surface area (TPSA) is 67.8 Å². The predicted octanol–water partition coefficient (Wildman–Crippen LogP) is 5.44. The van der Waals surface area contributed by atoms with Gasteiger partial charge in [0.05, 0.1) is 13.0 Å². The van der Waals surface area contributed by atoms with Crippen molar-refractivity contribution in [1.82, 2.24) is 5.32 Å². The minimum Gasteiger partial charge on any atom is -0.507 e. The van der Waals surface area contributed by atoms with Crippen LogP contribution in [0.4, 0.5) is 0 Å². The van der Waals surface area contributed by atoms with Gasteiger partial charge in [-0.25, -0.2) is 0 Å². The number of fused-ring (bicyclic) bond motifs is 2. The number of amides is 1. The average Bonchev–Trinajstić information content (AvgIpc) is 2.79. The van der Waals surface area contributed by atoms with Crippen molar-refractivity contribution in [2.45, 2.75) is 59.1 Å². The van der Waals surface area contributed by atoms with Gasteiger partial charge < -0.3 is 19.9 Å². The van der Waals surface area contributed by atoms with Gasteiger partial charge in [-0.3, -0.25) is 4.79 Å². The maximum Gasteiger partial charge on any atom is 0.230 e. The lowest BCUT2D eigenvalue weighted by Gasteiger charge is -2.38. The molecule has 1 amide bonds. The van der Waals surface area contributed by atoms with Gasteiger partial charge in [-0.1, -0.05) is 24.3 Å². The van der Waals surface area contributed by atoms with Crippen molar-refractivity contribution in [3.8, 4) is 17.2 Å². The third kappa shape index (κ3) is 3.77. The van der Waals surface area contributed by atoms with Gasteiger partial charge in [0.25, 0.3) is 0 Å². The Balaban J connectivity index is 1.55. The molecule has 5 heteroatoms. The van der Waals surface area contributed by atoms with Crippen LogP contribution in [0.1, 0.15) is 54.0 Å². The Bertz CT molecular complexity index is 1220. The Morgan fingerprint density at radius 3 is 2.50 bits per heavy atom. The summed E-state index contributed by atoms with van der Waals surface area (Å²) in [6, 6.07) is 12.0. The third-order valence-corrected chi connectivity index (χ3v) is 6.87. The standard InChI is InChI=1S/C27H31NO4/c1-15-16(2)25-23(18(4)24(15)29)11-12-27(5,32-25)28-26(30)17(3)19-7-8-21-14-22(31-6)10-9-20(21)13-19/h7-10,13-14,17,29H,11-12H2,1-6H3,(H,28,30)/t17-,27?/m0/s1. The summed E-state index contributed by atoms with van der Waals surface area (Å²) in [5.41, 5.74) is 3.77. The van der Waals surface area contributed by atoms with E-state index < -0.39 is 5.72 Å². The predicted molar refractivity (Wildman–Crippen MR) is 127 cm³/mol. The molecule has 0 saturated carbocycles. The number of phenolic OH excluding ortho intramolecular Hbond substituents is 1. The van der Waals surface area contributed by atoms with Crippen LogP contribution < -0.4 is 14.8 Å². The largest absolute Gasteiger partial charge is 0.507 e. The maximum absolute atomic E-state index is 13.2. The Hall–Kier alpha value is -3.21. The Labute approximate surface area is 189 Å². The molecule has 1 unspecified atom stereocenters. The molecule has 168 valence electrons. The number of hydrogen-bond donors (Lipinski definition) is 2. The van der Waals surface area contributed by atoms with Crippen LogP contribution in [0.2, 0.25) is 0 Å². The number of carbonyl (C=O) groups is 1. The number of rotatable bonds is 4. The van der Waals surface area contributed by atoms with E-state index in [1.165, 1.54) is 0 Å². The van der Waals surface area contributed by atoms with Gasteiger partial charge >= 0.3 is 0 Å². The van der Waals surface area contributed by atoms with Crippen LogP contribution >= 0.6 is 0 Å². The zero-order valence-corrected chi connectivity index (χ0v) is 19.6. The fraction of sp³-hybridized carbons (Fsp3) is 0.370. The lowest BCUT2D eigenvalue weighted by molar-refractivity contribution is -0.128. The lowest BCUT2D eigenvalue weighted by atomic mass is 9.89. The molecular weight excluding hydrogens is 402 g/mol. The van der Waals surface area contributed by atoms with E-state index in [4.69, 9.17) is 9.47 Å². The highest BCUT2D eigenvalue weighted by molar-refractivity contribution is 5.88. The van der Waals surface area contributed by atoms with Crippen molar-refractivity contribution >= 4 is 16.7 Å². The fourth-order valence-electron chi connectivity index (χ4n) is 4.49. The van der Waals surface area contributed by atoms with Crippen molar-refractivity contribution in [2.75, 3.05) is 7.11 Å². The van der Waals surface area contributed by atoms with Gasteiger partial charge in [0.15, 0.2) is 5.72 Å². The molecule has 5 nitrogen and oxygen atoms in total. The minimum atomic E-state index is -0.802. The van der Waals surface area contributed by atoms with Crippen LogP contribution in [0.3, 0.4) is 0 Å². The molecule has 2 N–H and O–H groups in total. The van der Waals surface area contributed by atoms with Crippen LogP contribution in [0, 0.1) is 20.8 Å². The van der Waals surface area contributed by atoms with Crippen LogP contribution in [-0.4, -0.2) is 23.8 Å². The van der Waals surface area contributed by atoms with Crippen molar-refractivity contribution in [1.29, 1.82) is 0 Å². The molecule has 1 aliphatic rings. The second-order valence-electron chi connectivity index (χ2n) is 9.05. The Kier molecular flexibility index (Phi) is 5.53. The van der Waals surface area contributed by atoms with Crippen LogP contribution in [-0.2, 0) is 11.2 Å². The van der Waals surface area contributed by atoms with Gasteiger partial charge in [-0.2, -0.15) is 0 Å². The van der Waals surface area contributed by atoms with E-state index in [0.717, 1.165) is 56.5 Å². The third-order valence-electron chi connectivity index (χ3n) is 6.87. The van der Waals surface area contributed by atoms with E-state index in [0.29, 0.717) is 12.2 Å². The molecule has 1 heterocycles. The number of phenols is 1. The van der Waals surface area contributed by atoms with Crippen LogP contribution in [0.5, 0.6) is 17.2 Å². The fourth-order valence-corrected chi connectivity index (χ4v) is 4.49. The van der Waals surface area contributed by atoms with E-state index in [2.05, 4.69) is 11.4 Å². The minimum absolute atomic E-state index is 0.0753. The summed E-state index contributed by atoms with van der Waals surface area (Å²) in [7, 11) is 1.65. The van der Waals surface area contributed by atoms with Crippen molar-refractivity contribution in [3.63, 3.8) is 0 Å². The average molecular weight is 434 g/mol. The molecule has 2 atom stereocenters. The molecule has 0 radical (unpaired) electrons. The first kappa shape index (κ1) is 22.0. The summed E-state index contributed by atoms with van der Waals surface area (Å²) in [5, 5.41) is 15.7. The normalized spacial score (nSPS) is 18.6. The van der Waals surface area contributed by atoms with Crippen molar-refractivity contribution < 1.29 is 19.4 Å². The van der Waals surface area contributed by atoms with E-state index in [1.807, 2.05) is 65.0 Å². The molecule has 0 spiro atoms. The highest BCUT2D eigenvalue weighted by Gasteiger charge is 2.36. The van der Waals surface area contributed by atoms with Gasteiger partial charge in [0.2, 0.25) is 5.91 Å². The number of hydrogen-bond acceptors (Lipinski definition) is 4. The molecule has 0 aromatic heterocycles. The second kappa shape index (κ2) is 8.05. The number of methoxy groups -OCH3 is 1. The Morgan fingerprint density at radius 2 is 1.78 bits per heavy atom. The SMILES string of the molecule is COc1ccc2cc([C@H](C)C(=O)NC3(C)CCc4c(C)c(O)c(C)c(C)c4O3)ccc2c1. The van der Waals surface area contributed by atoms with Crippen LogP contribution in [0.25, 0.3) is 10.8 Å². The summed E-state index contributed by atoms with van der Waals surface area (Å²) in [6.07, 6.45) is 1.37. The number of nitrogens with one attached hydrogen (secondary N) is 1. The highest BCUT2D eigenvalue weighted by Crippen LogP contribution is 2.42. The molecule has 3 aromatic carbocycles. The zero-order valence-electron chi connectivity index (χ0n) is 19.6. The van der Waals surface area contributed by atoms with Gasteiger partial charge in [-0.15, -0.1) is 0 Å². The molecule has 32 heavy (non-hydrogen) atoms.